The van der Waals surface area contributed by atoms with E-state index in [4.69, 9.17) is 4.74 Å². The summed E-state index contributed by atoms with van der Waals surface area (Å²) in [5.74, 6) is -2.44. The van der Waals surface area contributed by atoms with E-state index in [-0.39, 0.29) is 22.5 Å². The number of imide groups is 1. The monoisotopic (exact) mass is 551 g/mol. The molecule has 2 amide bonds. The highest BCUT2D eigenvalue weighted by molar-refractivity contribution is 6.21. The van der Waals surface area contributed by atoms with Gasteiger partial charge in [0.15, 0.2) is 11.0 Å². The van der Waals surface area contributed by atoms with E-state index in [1.165, 1.54) is 36.4 Å². The highest BCUT2D eigenvalue weighted by atomic mass is 16.6. The first-order chi connectivity index (χ1) is 19.4. The number of benzene rings is 3. The molecule has 5 rings (SSSR count). The van der Waals surface area contributed by atoms with Crippen molar-refractivity contribution in [3.05, 3.63) is 106 Å². The summed E-state index contributed by atoms with van der Waals surface area (Å²) >= 11 is 0. The predicted octanol–water partition coefficient (Wildman–Crippen LogP) is 5.34. The lowest BCUT2D eigenvalue weighted by molar-refractivity contribution is -0.385. The number of hydrogen-bond acceptors (Lipinski definition) is 9. The molecule has 0 unspecified atom stereocenters. The fourth-order valence-electron chi connectivity index (χ4n) is 6.03. The van der Waals surface area contributed by atoms with Gasteiger partial charge in [0.05, 0.1) is 34.7 Å². The van der Waals surface area contributed by atoms with Gasteiger partial charge in [-0.15, -0.1) is 0 Å². The van der Waals surface area contributed by atoms with E-state index in [9.17, 15) is 35.4 Å². The van der Waals surface area contributed by atoms with E-state index >= 15 is 0 Å². The van der Waals surface area contributed by atoms with Gasteiger partial charge in [-0.1, -0.05) is 60.7 Å². The maximum atomic E-state index is 14.7. The molecule has 0 bridgehead atoms. The zero-order valence-electron chi connectivity index (χ0n) is 22.4. The molecule has 3 aromatic carbocycles. The van der Waals surface area contributed by atoms with Gasteiger partial charge >= 0.3 is 6.09 Å². The number of ether oxygens (including phenoxy) is 1. The van der Waals surface area contributed by atoms with E-state index < -0.39 is 45.4 Å². The number of rotatable bonds is 3. The van der Waals surface area contributed by atoms with Crippen molar-refractivity contribution in [2.45, 2.75) is 43.9 Å². The third-order valence-corrected chi connectivity index (χ3v) is 7.47. The Bertz CT molecular complexity index is 1640. The Kier molecular flexibility index (Phi) is 6.38. The molecule has 2 aliphatic rings. The van der Waals surface area contributed by atoms with Crippen LogP contribution in [-0.2, 0) is 15.1 Å². The lowest BCUT2D eigenvalue weighted by Gasteiger charge is -2.36. The third-order valence-electron chi connectivity index (χ3n) is 7.47. The minimum Gasteiger partial charge on any atom is -0.443 e. The number of carbonyl (C=O) groups is 2. The molecule has 1 N–H and O–H groups in total. The summed E-state index contributed by atoms with van der Waals surface area (Å²) in [4.78, 5) is 40.1. The molecule has 1 fully saturated rings. The average Bonchev–Trinajstić information content (AvgIpc) is 3.34. The number of hydrogen-bond donors (Lipinski definition) is 1. The van der Waals surface area contributed by atoms with Crippen molar-refractivity contribution >= 4 is 23.4 Å². The van der Waals surface area contributed by atoms with Gasteiger partial charge in [-0.25, -0.2) is 9.69 Å². The molecule has 0 radical (unpaired) electrons. The average molecular weight is 552 g/mol. The largest absolute Gasteiger partial charge is 0.443 e. The summed E-state index contributed by atoms with van der Waals surface area (Å²) in [6.07, 6.45) is -1.01. The van der Waals surface area contributed by atoms with Crippen LogP contribution in [0.15, 0.2) is 78.9 Å². The van der Waals surface area contributed by atoms with Gasteiger partial charge in [-0.2, -0.15) is 15.6 Å². The zero-order valence-corrected chi connectivity index (χ0v) is 22.4. The Labute approximate surface area is 235 Å². The number of amides is 2. The molecule has 2 aliphatic heterocycles. The minimum absolute atomic E-state index is 0.0916. The van der Waals surface area contributed by atoms with Crippen LogP contribution < -0.4 is 4.90 Å². The normalized spacial score (nSPS) is 23.1. The van der Waals surface area contributed by atoms with Gasteiger partial charge in [0, 0.05) is 17.7 Å². The molecule has 3 aromatic rings. The van der Waals surface area contributed by atoms with Crippen LogP contribution in [0.1, 0.15) is 49.4 Å². The second-order valence-corrected chi connectivity index (χ2v) is 10.9. The van der Waals surface area contributed by atoms with Crippen molar-refractivity contribution in [3.8, 4) is 12.1 Å². The number of nitro groups is 1. The molecule has 11 nitrogen and oxygen atoms in total. The number of para-hydroxylation sites is 1. The smallest absolute Gasteiger partial charge is 0.421 e. The van der Waals surface area contributed by atoms with Gasteiger partial charge in [-0.05, 0) is 38.0 Å². The van der Waals surface area contributed by atoms with Crippen LogP contribution >= 0.6 is 0 Å². The van der Waals surface area contributed by atoms with Crippen molar-refractivity contribution in [2.75, 3.05) is 4.90 Å². The minimum atomic E-state index is -2.21. The number of carbonyl (C=O) groups excluding carboxylic acids is 2. The standard InChI is InChI=1S/C30H25N5O6/c1-28(2,3)41-27(37)33-23-15-8-7-14-22(23)30(26(33)36)24(20-12-9-13-21(16-20)35(39)40)29(17-31,18-32)25(34(30)38)19-10-5-4-6-11-19/h4-16,24-25,38H,1-3H3/t24-,25-,30+/m1/s1. The highest BCUT2D eigenvalue weighted by Crippen LogP contribution is 2.68. The Morgan fingerprint density at radius 2 is 1.61 bits per heavy atom. The van der Waals surface area contributed by atoms with E-state index in [1.54, 1.807) is 63.2 Å². The maximum Gasteiger partial charge on any atom is 0.421 e. The first-order valence-corrected chi connectivity index (χ1v) is 12.7. The van der Waals surface area contributed by atoms with E-state index in [0.717, 1.165) is 4.90 Å². The van der Waals surface area contributed by atoms with E-state index in [2.05, 4.69) is 12.1 Å². The zero-order chi connectivity index (χ0) is 29.7. The second-order valence-electron chi connectivity index (χ2n) is 10.9. The van der Waals surface area contributed by atoms with Gasteiger partial charge in [-0.3, -0.25) is 14.9 Å². The van der Waals surface area contributed by atoms with E-state index in [0.29, 0.717) is 10.6 Å². The van der Waals surface area contributed by atoms with Crippen LogP contribution in [0.4, 0.5) is 16.2 Å². The Hall–Kier alpha value is -5.10. The van der Waals surface area contributed by atoms with Crippen LogP contribution in [0.3, 0.4) is 0 Å². The van der Waals surface area contributed by atoms with Crippen LogP contribution in [-0.4, -0.2) is 32.8 Å². The topological polar surface area (TPSA) is 161 Å². The van der Waals surface area contributed by atoms with Crippen molar-refractivity contribution < 1.29 is 24.5 Å². The molecule has 1 saturated heterocycles. The molecule has 1 spiro atoms. The SMILES string of the molecule is CC(C)(C)OC(=O)N1C(=O)[C@]2(c3ccccc31)[C@H](c1cccc([N+](=O)[O-])c1)C(C#N)(C#N)[C@@H](c1ccccc1)N2O. The molecular weight excluding hydrogens is 526 g/mol. The van der Waals surface area contributed by atoms with Crippen molar-refractivity contribution in [2.24, 2.45) is 5.41 Å². The van der Waals surface area contributed by atoms with Crippen molar-refractivity contribution in [1.29, 1.82) is 10.5 Å². The van der Waals surface area contributed by atoms with Gasteiger partial charge in [0.1, 0.15) is 5.60 Å². The Balaban J connectivity index is 1.88. The summed E-state index contributed by atoms with van der Waals surface area (Å²) < 4.78 is 5.54. The summed E-state index contributed by atoms with van der Waals surface area (Å²) in [5.41, 5.74) is -5.00. The summed E-state index contributed by atoms with van der Waals surface area (Å²) in [5, 5.41) is 46.0. The lowest BCUT2D eigenvalue weighted by Crippen LogP contribution is -2.53. The molecular formula is C30H25N5O6. The lowest BCUT2D eigenvalue weighted by atomic mass is 9.63. The fourth-order valence-corrected chi connectivity index (χ4v) is 6.03. The molecule has 41 heavy (non-hydrogen) atoms. The van der Waals surface area contributed by atoms with Gasteiger partial charge in [0.2, 0.25) is 0 Å². The fraction of sp³-hybridized carbons (Fsp3) is 0.267. The predicted molar refractivity (Wildman–Crippen MR) is 144 cm³/mol. The molecule has 206 valence electrons. The number of fused-ring (bicyclic) bond motifs is 2. The number of hydroxylamine groups is 2. The summed E-state index contributed by atoms with van der Waals surface area (Å²) in [6, 6.07) is 22.5. The number of non-ortho nitro benzene ring substituents is 1. The van der Waals surface area contributed by atoms with Crippen LogP contribution in [0.2, 0.25) is 0 Å². The maximum absolute atomic E-state index is 14.7. The number of anilines is 1. The first kappa shape index (κ1) is 27.5. The van der Waals surface area contributed by atoms with Crippen molar-refractivity contribution in [3.63, 3.8) is 0 Å². The van der Waals surface area contributed by atoms with Gasteiger partial charge < -0.3 is 9.94 Å². The van der Waals surface area contributed by atoms with Crippen LogP contribution in [0.25, 0.3) is 0 Å². The van der Waals surface area contributed by atoms with Crippen LogP contribution in [0, 0.1) is 38.2 Å². The number of nitrogens with zero attached hydrogens (tertiary/aromatic N) is 5. The first-order valence-electron chi connectivity index (χ1n) is 12.7. The summed E-state index contributed by atoms with van der Waals surface area (Å²) in [7, 11) is 0. The molecule has 2 heterocycles. The molecule has 0 aliphatic carbocycles. The van der Waals surface area contributed by atoms with Crippen molar-refractivity contribution in [1.82, 2.24) is 5.06 Å². The highest BCUT2D eigenvalue weighted by Gasteiger charge is 2.76. The van der Waals surface area contributed by atoms with E-state index in [1.807, 2.05) is 0 Å². The number of nitro benzene ring substituents is 1. The molecule has 11 heteroatoms. The van der Waals surface area contributed by atoms with Crippen LogP contribution in [0.5, 0.6) is 0 Å². The Morgan fingerprint density at radius 1 is 1.00 bits per heavy atom. The second kappa shape index (κ2) is 9.52. The molecule has 0 aromatic heterocycles. The third kappa shape index (κ3) is 3.86. The summed E-state index contributed by atoms with van der Waals surface area (Å²) in [6.45, 7) is 4.90. The molecule has 0 saturated carbocycles. The van der Waals surface area contributed by atoms with Gasteiger partial charge in [0.25, 0.3) is 11.6 Å². The number of nitriles is 2. The quantitative estimate of drug-likeness (QED) is 0.335. The molecule has 3 atom stereocenters. The Morgan fingerprint density at radius 3 is 2.22 bits per heavy atom.